The number of amidine groups is 1. The molecule has 8 nitrogen and oxygen atoms in total. The third-order valence-corrected chi connectivity index (χ3v) is 6.47. The van der Waals surface area contributed by atoms with E-state index in [9.17, 15) is 9.59 Å². The van der Waals surface area contributed by atoms with Gasteiger partial charge in [0.1, 0.15) is 11.5 Å². The second-order valence-electron chi connectivity index (χ2n) is 8.47. The van der Waals surface area contributed by atoms with Gasteiger partial charge in [0.05, 0.1) is 44.1 Å². The predicted octanol–water partition coefficient (Wildman–Crippen LogP) is 3.90. The van der Waals surface area contributed by atoms with E-state index in [1.165, 1.54) is 11.8 Å². The van der Waals surface area contributed by atoms with Crippen molar-refractivity contribution in [1.29, 1.82) is 0 Å². The summed E-state index contributed by atoms with van der Waals surface area (Å²) in [6.07, 6.45) is 1.94. The summed E-state index contributed by atoms with van der Waals surface area (Å²) in [6.45, 7) is 5.43. The summed E-state index contributed by atoms with van der Waals surface area (Å²) in [5.41, 5.74) is 2.49. The number of amides is 1. The number of esters is 1. The molecular weight excluding hydrogens is 442 g/mol. The molecule has 1 amide bonds. The number of carbonyl (C=O) groups is 2. The van der Waals surface area contributed by atoms with Crippen molar-refractivity contribution in [3.63, 3.8) is 0 Å². The fourth-order valence-electron chi connectivity index (χ4n) is 3.93. The van der Waals surface area contributed by atoms with Crippen molar-refractivity contribution in [2.24, 2.45) is 4.99 Å². The third-order valence-electron chi connectivity index (χ3n) is 5.58. The van der Waals surface area contributed by atoms with Gasteiger partial charge in [-0.25, -0.2) is 9.79 Å². The van der Waals surface area contributed by atoms with Gasteiger partial charge < -0.3 is 24.4 Å². The molecule has 33 heavy (non-hydrogen) atoms. The first kappa shape index (κ1) is 23.2. The minimum atomic E-state index is -0.580. The maximum atomic E-state index is 13.3. The normalized spacial score (nSPS) is 19.7. The Hall–Kier alpha value is -2.94. The first-order valence-electron chi connectivity index (χ1n) is 11.0. The summed E-state index contributed by atoms with van der Waals surface area (Å²) < 4.78 is 16.7. The van der Waals surface area contributed by atoms with Crippen molar-refractivity contribution < 1.29 is 23.8 Å². The van der Waals surface area contributed by atoms with Crippen LogP contribution in [0.15, 0.2) is 45.6 Å². The molecular formula is C24H29N3O5S. The predicted molar refractivity (Wildman–Crippen MR) is 127 cm³/mol. The average Bonchev–Trinajstić information content (AvgIpc) is 3.50. The van der Waals surface area contributed by atoms with Crippen molar-refractivity contribution in [2.75, 3.05) is 14.2 Å². The number of hydrogen-bond donors (Lipinski definition) is 1. The molecule has 0 saturated heterocycles. The maximum absolute atomic E-state index is 13.3. The molecule has 1 N–H and O–H groups in total. The van der Waals surface area contributed by atoms with E-state index in [-0.39, 0.29) is 24.5 Å². The minimum Gasteiger partial charge on any atom is -0.497 e. The van der Waals surface area contributed by atoms with Crippen LogP contribution in [0.3, 0.4) is 0 Å². The monoisotopic (exact) mass is 471 g/mol. The zero-order chi connectivity index (χ0) is 23.7. The Morgan fingerprint density at radius 2 is 2.00 bits per heavy atom. The van der Waals surface area contributed by atoms with Crippen LogP contribution in [-0.2, 0) is 14.3 Å². The zero-order valence-electron chi connectivity index (χ0n) is 19.5. The topological polar surface area (TPSA) is 89.5 Å². The number of nitrogens with one attached hydrogen (secondary N) is 1. The second-order valence-corrected chi connectivity index (χ2v) is 9.31. The molecule has 0 aromatic heterocycles. The quantitative estimate of drug-likeness (QED) is 0.575. The minimum absolute atomic E-state index is 0.0421. The third kappa shape index (κ3) is 4.88. The standard InChI is InChI=1S/C24H29N3O5S/c1-13(2)32-23(29)21-14(3)25-24-27(16(12-33-24)10-20(28)26-15-6-7-15)22(21)18-11-17(30-4)8-9-19(18)31-5/h8-9,11-13,15,22H,6-7,10H2,1-5H3,(H,26,28). The van der Waals surface area contributed by atoms with E-state index < -0.39 is 12.0 Å². The first-order valence-corrected chi connectivity index (χ1v) is 11.9. The van der Waals surface area contributed by atoms with Gasteiger partial charge in [-0.15, -0.1) is 0 Å². The van der Waals surface area contributed by atoms with Crippen LogP contribution < -0.4 is 14.8 Å². The number of nitrogens with zero attached hydrogens (tertiary/aromatic N) is 2. The van der Waals surface area contributed by atoms with Crippen LogP contribution in [0.25, 0.3) is 0 Å². The van der Waals surface area contributed by atoms with Gasteiger partial charge in [-0.05, 0) is 57.2 Å². The number of fused-ring (bicyclic) bond motifs is 1. The number of hydrogen-bond acceptors (Lipinski definition) is 8. The van der Waals surface area contributed by atoms with Crippen LogP contribution in [0.4, 0.5) is 0 Å². The van der Waals surface area contributed by atoms with Crippen molar-refractivity contribution in [3.05, 3.63) is 46.1 Å². The lowest BCUT2D eigenvalue weighted by Crippen LogP contribution is -2.38. The molecule has 1 aromatic carbocycles. The summed E-state index contributed by atoms with van der Waals surface area (Å²) in [5.74, 6) is 0.745. The fourth-order valence-corrected chi connectivity index (χ4v) is 4.89. The van der Waals surface area contributed by atoms with Gasteiger partial charge in [0.2, 0.25) is 5.91 Å². The molecule has 2 heterocycles. The molecule has 0 spiro atoms. The van der Waals surface area contributed by atoms with Crippen molar-refractivity contribution in [2.45, 2.75) is 58.2 Å². The van der Waals surface area contributed by atoms with Crippen LogP contribution in [0.2, 0.25) is 0 Å². The number of thioether (sulfide) groups is 1. The van der Waals surface area contributed by atoms with E-state index in [1.54, 1.807) is 27.2 Å². The van der Waals surface area contributed by atoms with Gasteiger partial charge in [0.25, 0.3) is 0 Å². The van der Waals surface area contributed by atoms with Gasteiger partial charge >= 0.3 is 5.97 Å². The van der Waals surface area contributed by atoms with Gasteiger partial charge in [-0.3, -0.25) is 4.79 Å². The Balaban J connectivity index is 1.79. The number of benzene rings is 1. The Labute approximate surface area is 198 Å². The van der Waals surface area contributed by atoms with Gasteiger partial charge in [0, 0.05) is 17.3 Å². The number of ether oxygens (including phenoxy) is 3. The summed E-state index contributed by atoms with van der Waals surface area (Å²) >= 11 is 1.44. The Morgan fingerprint density at radius 1 is 1.24 bits per heavy atom. The molecule has 4 rings (SSSR count). The van der Waals surface area contributed by atoms with Crippen molar-refractivity contribution in [3.8, 4) is 11.5 Å². The summed E-state index contributed by atoms with van der Waals surface area (Å²) in [5, 5.41) is 5.67. The highest BCUT2D eigenvalue weighted by molar-refractivity contribution is 8.16. The second kappa shape index (κ2) is 9.51. The van der Waals surface area contributed by atoms with E-state index in [4.69, 9.17) is 14.2 Å². The van der Waals surface area contributed by atoms with Gasteiger partial charge in [-0.2, -0.15) is 0 Å². The maximum Gasteiger partial charge on any atom is 0.338 e. The lowest BCUT2D eigenvalue weighted by molar-refractivity contribution is -0.143. The average molecular weight is 472 g/mol. The first-order chi connectivity index (χ1) is 15.8. The van der Waals surface area contributed by atoms with Crippen LogP contribution in [0, 0.1) is 0 Å². The largest absolute Gasteiger partial charge is 0.497 e. The Kier molecular flexibility index (Phi) is 6.69. The van der Waals surface area contributed by atoms with E-state index >= 15 is 0 Å². The SMILES string of the molecule is COc1ccc(OC)c(C2C(C(=O)OC(C)C)=C(C)N=C3SC=C(CC(=O)NC4CC4)N32)c1. The van der Waals surface area contributed by atoms with Crippen LogP contribution in [0.1, 0.15) is 51.6 Å². The van der Waals surface area contributed by atoms with Crippen LogP contribution in [0.5, 0.6) is 11.5 Å². The van der Waals surface area contributed by atoms with E-state index in [2.05, 4.69) is 10.3 Å². The smallest absolute Gasteiger partial charge is 0.338 e. The molecule has 1 unspecified atom stereocenters. The number of methoxy groups -OCH3 is 2. The number of allylic oxidation sites excluding steroid dienone is 1. The van der Waals surface area contributed by atoms with E-state index in [0.29, 0.717) is 27.9 Å². The molecule has 3 aliphatic rings. The van der Waals surface area contributed by atoms with E-state index in [1.807, 2.05) is 36.3 Å². The molecule has 176 valence electrons. The van der Waals surface area contributed by atoms with Gasteiger partial charge in [-0.1, -0.05) is 11.8 Å². The highest BCUT2D eigenvalue weighted by Crippen LogP contribution is 2.47. The van der Waals surface area contributed by atoms with Gasteiger partial charge in [0.15, 0.2) is 5.17 Å². The summed E-state index contributed by atoms with van der Waals surface area (Å²) in [4.78, 5) is 32.5. The van der Waals surface area contributed by atoms with Crippen molar-refractivity contribution >= 4 is 28.8 Å². The highest BCUT2D eigenvalue weighted by Gasteiger charge is 2.43. The number of rotatable bonds is 8. The molecule has 1 saturated carbocycles. The Bertz CT molecular complexity index is 1060. The number of carbonyl (C=O) groups excluding carboxylic acids is 2. The summed E-state index contributed by atoms with van der Waals surface area (Å²) in [6, 6.07) is 5.17. The lowest BCUT2D eigenvalue weighted by atomic mass is 9.92. The molecule has 0 bridgehead atoms. The molecule has 1 fully saturated rings. The van der Waals surface area contributed by atoms with Crippen molar-refractivity contribution in [1.82, 2.24) is 10.2 Å². The summed E-state index contributed by atoms with van der Waals surface area (Å²) in [7, 11) is 3.18. The molecule has 1 aromatic rings. The lowest BCUT2D eigenvalue weighted by Gasteiger charge is -2.37. The van der Waals surface area contributed by atoms with Crippen LogP contribution >= 0.6 is 11.8 Å². The fraction of sp³-hybridized carbons (Fsp3) is 0.458. The highest BCUT2D eigenvalue weighted by atomic mass is 32.2. The van der Waals surface area contributed by atoms with E-state index in [0.717, 1.165) is 24.1 Å². The molecule has 0 radical (unpaired) electrons. The molecule has 1 atom stereocenters. The molecule has 1 aliphatic carbocycles. The number of aliphatic imine (C=N–C) groups is 1. The molecule has 2 aliphatic heterocycles. The Morgan fingerprint density at radius 3 is 2.64 bits per heavy atom. The molecule has 9 heteroatoms. The zero-order valence-corrected chi connectivity index (χ0v) is 20.3. The van der Waals surface area contributed by atoms with Crippen LogP contribution in [-0.4, -0.2) is 48.3 Å².